The highest BCUT2D eigenvalue weighted by atomic mass is 16.2. The number of amides is 1. The molecule has 0 N–H and O–H groups in total. The smallest absolute Gasteiger partial charge is 0.250 e. The summed E-state index contributed by atoms with van der Waals surface area (Å²) in [5.41, 5.74) is 1.64. The van der Waals surface area contributed by atoms with Crippen molar-refractivity contribution in [3.63, 3.8) is 0 Å². The summed E-state index contributed by atoms with van der Waals surface area (Å²) in [6, 6.07) is 3.26. The third kappa shape index (κ3) is 2.68. The van der Waals surface area contributed by atoms with Crippen LogP contribution in [0.4, 0.5) is 5.69 Å². The van der Waals surface area contributed by atoms with Crippen molar-refractivity contribution >= 4 is 11.6 Å². The summed E-state index contributed by atoms with van der Waals surface area (Å²) in [7, 11) is 3.71. The quantitative estimate of drug-likeness (QED) is 0.773. The average molecular weight is 341 g/mol. The number of anilines is 1. The summed E-state index contributed by atoms with van der Waals surface area (Å²) in [4.78, 5) is 32.8. The third-order valence-electron chi connectivity index (χ3n) is 5.50. The van der Waals surface area contributed by atoms with Gasteiger partial charge in [0.05, 0.1) is 23.1 Å². The second kappa shape index (κ2) is 5.84. The summed E-state index contributed by atoms with van der Waals surface area (Å²) >= 11 is 0. The molecule has 2 aliphatic heterocycles. The lowest BCUT2D eigenvalue weighted by Gasteiger charge is -2.53. The molecule has 2 saturated heterocycles. The zero-order valence-electron chi connectivity index (χ0n) is 14.7. The topological polar surface area (TPSA) is 63.4 Å². The first-order chi connectivity index (χ1) is 12.0. The number of aromatic nitrogens is 3. The van der Waals surface area contributed by atoms with Gasteiger partial charge in [0.25, 0.3) is 0 Å². The molecule has 132 valence electrons. The van der Waals surface area contributed by atoms with E-state index in [0.717, 1.165) is 44.7 Å². The molecule has 0 radical (unpaired) electrons. The first-order valence-corrected chi connectivity index (χ1v) is 8.65. The molecule has 4 rings (SSSR count). The van der Waals surface area contributed by atoms with Gasteiger partial charge in [0, 0.05) is 52.2 Å². The molecule has 25 heavy (non-hydrogen) atoms. The largest absolute Gasteiger partial charge is 0.337 e. The number of carbonyl (C=O) groups is 1. The number of pyridine rings is 1. The van der Waals surface area contributed by atoms with E-state index < -0.39 is 0 Å². The highest BCUT2D eigenvalue weighted by molar-refractivity contribution is 6.04. The van der Waals surface area contributed by atoms with Crippen LogP contribution in [0.25, 0.3) is 0 Å². The molecule has 0 saturated carbocycles. The Hall–Kier alpha value is -2.41. The number of β-lactam (4-membered cyclic amide) rings is 1. The average Bonchev–Trinajstić information content (AvgIpc) is 3.00. The van der Waals surface area contributed by atoms with Gasteiger partial charge in [-0.1, -0.05) is 0 Å². The lowest BCUT2D eigenvalue weighted by molar-refractivity contribution is -0.139. The summed E-state index contributed by atoms with van der Waals surface area (Å²) in [6.45, 7) is 3.36. The van der Waals surface area contributed by atoms with E-state index in [1.807, 2.05) is 24.1 Å². The standard InChI is InChI=1S/C18H23N5O2/c1-20-9-14(4-5-16(20)24)23-12-18(17(23)25)6-3-7-22(11-18)10-15-8-19-13-21(15)2/h4-5,8-9,13H,3,6-7,10-12H2,1-2H3/t18-/m0/s1. The van der Waals surface area contributed by atoms with E-state index in [1.54, 1.807) is 24.2 Å². The number of piperidine rings is 1. The Kier molecular flexibility index (Phi) is 3.76. The van der Waals surface area contributed by atoms with Crippen molar-refractivity contribution in [2.24, 2.45) is 19.5 Å². The molecular formula is C18H23N5O2. The van der Waals surface area contributed by atoms with E-state index in [-0.39, 0.29) is 16.9 Å². The minimum absolute atomic E-state index is 0.0635. The number of imidazole rings is 1. The summed E-state index contributed by atoms with van der Waals surface area (Å²) < 4.78 is 3.55. The van der Waals surface area contributed by atoms with E-state index in [0.29, 0.717) is 0 Å². The lowest BCUT2D eigenvalue weighted by atomic mass is 9.72. The lowest BCUT2D eigenvalue weighted by Crippen LogP contribution is -2.67. The minimum Gasteiger partial charge on any atom is -0.337 e. The second-order valence-corrected chi connectivity index (χ2v) is 7.32. The van der Waals surface area contributed by atoms with Crippen LogP contribution >= 0.6 is 0 Å². The number of carbonyl (C=O) groups excluding carboxylic acids is 1. The number of rotatable bonds is 3. The first-order valence-electron chi connectivity index (χ1n) is 8.65. The van der Waals surface area contributed by atoms with Crippen molar-refractivity contribution < 1.29 is 4.79 Å². The van der Waals surface area contributed by atoms with Crippen molar-refractivity contribution in [2.75, 3.05) is 24.5 Å². The van der Waals surface area contributed by atoms with Crippen LogP contribution in [0.3, 0.4) is 0 Å². The maximum atomic E-state index is 12.9. The van der Waals surface area contributed by atoms with Gasteiger partial charge in [0.2, 0.25) is 11.5 Å². The summed E-state index contributed by atoms with van der Waals surface area (Å²) in [5, 5.41) is 0. The Labute approximate surface area is 146 Å². The van der Waals surface area contributed by atoms with E-state index in [2.05, 4.69) is 9.88 Å². The molecule has 0 aliphatic carbocycles. The van der Waals surface area contributed by atoms with Crippen molar-refractivity contribution in [1.29, 1.82) is 0 Å². The normalized spacial score (nSPS) is 23.9. The molecule has 2 aromatic heterocycles. The van der Waals surface area contributed by atoms with Crippen molar-refractivity contribution in [1.82, 2.24) is 19.0 Å². The third-order valence-corrected chi connectivity index (χ3v) is 5.50. The van der Waals surface area contributed by atoms with Gasteiger partial charge >= 0.3 is 0 Å². The summed E-state index contributed by atoms with van der Waals surface area (Å²) in [5.74, 6) is 0.181. The molecule has 2 aromatic rings. The fourth-order valence-electron chi connectivity index (χ4n) is 4.02. The van der Waals surface area contributed by atoms with Crippen LogP contribution in [0.15, 0.2) is 35.6 Å². The molecule has 0 bridgehead atoms. The minimum atomic E-state index is -0.272. The van der Waals surface area contributed by atoms with E-state index >= 15 is 0 Å². The van der Waals surface area contributed by atoms with E-state index in [1.165, 1.54) is 16.3 Å². The Morgan fingerprint density at radius 2 is 2.00 bits per heavy atom. The molecule has 2 fully saturated rings. The highest BCUT2D eigenvalue weighted by Gasteiger charge is 2.54. The van der Waals surface area contributed by atoms with Gasteiger partial charge in [-0.15, -0.1) is 0 Å². The Bertz CT molecular complexity index is 870. The van der Waals surface area contributed by atoms with Gasteiger partial charge in [-0.05, 0) is 25.5 Å². The van der Waals surface area contributed by atoms with Crippen LogP contribution in [0.5, 0.6) is 0 Å². The predicted molar refractivity (Wildman–Crippen MR) is 94.2 cm³/mol. The van der Waals surface area contributed by atoms with E-state index in [4.69, 9.17) is 0 Å². The van der Waals surface area contributed by atoms with Gasteiger partial charge in [-0.2, -0.15) is 0 Å². The molecule has 1 amide bonds. The maximum absolute atomic E-state index is 12.9. The zero-order valence-corrected chi connectivity index (χ0v) is 14.7. The first kappa shape index (κ1) is 16.1. The molecule has 2 aliphatic rings. The molecule has 7 nitrogen and oxygen atoms in total. The number of hydrogen-bond donors (Lipinski definition) is 0. The zero-order chi connectivity index (χ0) is 17.6. The van der Waals surface area contributed by atoms with Gasteiger partial charge in [0.1, 0.15) is 0 Å². The molecular weight excluding hydrogens is 318 g/mol. The van der Waals surface area contributed by atoms with Gasteiger partial charge in [-0.25, -0.2) is 4.98 Å². The Morgan fingerprint density at radius 3 is 2.68 bits per heavy atom. The van der Waals surface area contributed by atoms with Crippen LogP contribution in [0.1, 0.15) is 18.5 Å². The Morgan fingerprint density at radius 1 is 1.16 bits per heavy atom. The molecule has 1 atom stereocenters. The fraction of sp³-hybridized carbons (Fsp3) is 0.500. The van der Waals surface area contributed by atoms with Crippen LogP contribution in [-0.4, -0.2) is 44.6 Å². The van der Waals surface area contributed by atoms with Gasteiger partial charge in [0.15, 0.2) is 0 Å². The Balaban J connectivity index is 1.48. The number of hydrogen-bond acceptors (Lipinski definition) is 4. The second-order valence-electron chi connectivity index (χ2n) is 7.32. The monoisotopic (exact) mass is 341 g/mol. The molecule has 1 spiro atoms. The molecule has 4 heterocycles. The number of likely N-dealkylation sites (tertiary alicyclic amines) is 1. The van der Waals surface area contributed by atoms with Crippen molar-refractivity contribution in [3.05, 3.63) is 46.9 Å². The molecule has 0 unspecified atom stereocenters. The van der Waals surface area contributed by atoms with Crippen LogP contribution in [0.2, 0.25) is 0 Å². The van der Waals surface area contributed by atoms with Crippen molar-refractivity contribution in [2.45, 2.75) is 19.4 Å². The van der Waals surface area contributed by atoms with Crippen LogP contribution in [-0.2, 0) is 25.4 Å². The highest BCUT2D eigenvalue weighted by Crippen LogP contribution is 2.42. The summed E-state index contributed by atoms with van der Waals surface area (Å²) in [6.07, 6.45) is 7.41. The fourth-order valence-corrected chi connectivity index (χ4v) is 4.02. The maximum Gasteiger partial charge on any atom is 0.250 e. The van der Waals surface area contributed by atoms with Gasteiger partial charge < -0.3 is 14.0 Å². The van der Waals surface area contributed by atoms with Crippen molar-refractivity contribution in [3.8, 4) is 0 Å². The number of nitrogens with zero attached hydrogens (tertiary/aromatic N) is 5. The van der Waals surface area contributed by atoms with Crippen LogP contribution < -0.4 is 10.5 Å². The molecule has 7 heteroatoms. The SMILES string of the molecule is Cn1cncc1CN1CCC[C@]2(C1)CN(c1ccc(=O)n(C)c1)C2=O. The van der Waals surface area contributed by atoms with E-state index in [9.17, 15) is 9.59 Å². The van der Waals surface area contributed by atoms with Crippen LogP contribution in [0, 0.1) is 5.41 Å². The number of aryl methyl sites for hydroxylation is 2. The van der Waals surface area contributed by atoms with Gasteiger partial charge in [-0.3, -0.25) is 14.5 Å². The molecule has 0 aromatic carbocycles. The predicted octanol–water partition coefficient (Wildman–Crippen LogP) is 0.748.